The number of aliphatic hydroxyl groups is 1. The Bertz CT molecular complexity index is 1880. The van der Waals surface area contributed by atoms with E-state index in [2.05, 4.69) is 27.2 Å². The molecular weight excluding hydrogens is 664 g/mol. The lowest BCUT2D eigenvalue weighted by Crippen LogP contribution is -2.58. The molecular formula is C38H50N8O6. The smallest absolute Gasteiger partial charge is 0.351 e. The fourth-order valence-electron chi connectivity index (χ4n) is 6.19. The van der Waals surface area contributed by atoms with Crippen LogP contribution in [0, 0.1) is 0 Å². The summed E-state index contributed by atoms with van der Waals surface area (Å²) >= 11 is 0. The predicted molar refractivity (Wildman–Crippen MR) is 202 cm³/mol. The van der Waals surface area contributed by atoms with Gasteiger partial charge < -0.3 is 47.7 Å². The number of aromatic nitrogens is 1. The molecule has 0 bridgehead atoms. The van der Waals surface area contributed by atoms with Crippen molar-refractivity contribution in [2.45, 2.75) is 71.2 Å². The summed E-state index contributed by atoms with van der Waals surface area (Å²) in [6, 6.07) is 11.7. The molecule has 14 nitrogen and oxygen atoms in total. The van der Waals surface area contributed by atoms with Crippen LogP contribution in [-0.4, -0.2) is 87.9 Å². The number of guanidine groups is 1. The van der Waals surface area contributed by atoms with Gasteiger partial charge in [0.25, 0.3) is 5.91 Å². The van der Waals surface area contributed by atoms with Gasteiger partial charge in [0.1, 0.15) is 29.3 Å². The number of aliphatic carboxylic acids is 1. The highest BCUT2D eigenvalue weighted by molar-refractivity contribution is 6.04. The van der Waals surface area contributed by atoms with Gasteiger partial charge in [-0.15, -0.1) is 0 Å². The quantitative estimate of drug-likeness (QED) is 0.0493. The van der Waals surface area contributed by atoms with Gasteiger partial charge in [0.05, 0.1) is 12.1 Å². The number of nitrogens with two attached hydrogens (primary N) is 3. The van der Waals surface area contributed by atoms with Crippen LogP contribution in [0.3, 0.4) is 0 Å². The number of para-hydroxylation sites is 1. The normalized spacial score (nSPS) is 17.3. The molecule has 1 aromatic heterocycles. The third kappa shape index (κ3) is 9.25. The monoisotopic (exact) mass is 714 g/mol. The Labute approximate surface area is 303 Å². The first-order valence-corrected chi connectivity index (χ1v) is 17.2. The molecule has 0 saturated carbocycles. The van der Waals surface area contributed by atoms with Crippen molar-refractivity contribution in [3.8, 4) is 16.9 Å². The van der Waals surface area contributed by atoms with E-state index in [0.29, 0.717) is 42.9 Å². The van der Waals surface area contributed by atoms with E-state index in [0.717, 1.165) is 27.6 Å². The number of likely N-dealkylation sites (tertiary alicyclic amines) is 1. The topological polar surface area (TPSA) is 232 Å². The van der Waals surface area contributed by atoms with E-state index < -0.39 is 35.6 Å². The number of carboxylic acid groups (broad SMARTS) is 1. The highest BCUT2D eigenvalue weighted by Crippen LogP contribution is 2.40. The van der Waals surface area contributed by atoms with Crippen molar-refractivity contribution in [3.05, 3.63) is 77.6 Å². The minimum atomic E-state index is -1.46. The number of amides is 2. The molecule has 0 radical (unpaired) electrons. The number of hydrogen-bond donors (Lipinski definition) is 7. The van der Waals surface area contributed by atoms with Gasteiger partial charge in [-0.25, -0.2) is 4.79 Å². The third-order valence-electron chi connectivity index (χ3n) is 8.94. The summed E-state index contributed by atoms with van der Waals surface area (Å²) in [7, 11) is 0. The molecule has 1 fully saturated rings. The fraction of sp³-hybridized carbons (Fsp3) is 0.395. The molecule has 4 rings (SSSR count). The first-order chi connectivity index (χ1) is 24.7. The van der Waals surface area contributed by atoms with Gasteiger partial charge in [-0.05, 0) is 95.3 Å². The number of rotatable bonds is 16. The number of fused-ring (bicyclic) bond motifs is 1. The average molecular weight is 715 g/mol. The second-order valence-electron chi connectivity index (χ2n) is 13.4. The van der Waals surface area contributed by atoms with Gasteiger partial charge >= 0.3 is 5.97 Å². The molecule has 14 heteroatoms. The second kappa shape index (κ2) is 17.2. The van der Waals surface area contributed by atoms with E-state index in [1.54, 1.807) is 38.2 Å². The lowest BCUT2D eigenvalue weighted by molar-refractivity contribution is -0.139. The summed E-state index contributed by atoms with van der Waals surface area (Å²) in [5.41, 5.74) is 19.6. The Morgan fingerprint density at radius 3 is 2.54 bits per heavy atom. The van der Waals surface area contributed by atoms with Crippen LogP contribution in [0.1, 0.15) is 69.3 Å². The maximum atomic E-state index is 14.3. The second-order valence-corrected chi connectivity index (χ2v) is 13.4. The zero-order chi connectivity index (χ0) is 38.2. The molecule has 278 valence electrons. The molecule has 1 aliphatic heterocycles. The van der Waals surface area contributed by atoms with Crippen LogP contribution in [0.2, 0.25) is 0 Å². The summed E-state index contributed by atoms with van der Waals surface area (Å²) in [5, 5.41) is 27.7. The highest BCUT2D eigenvalue weighted by atomic mass is 16.5. The number of carbonyl (C=O) groups is 3. The third-order valence-corrected chi connectivity index (χ3v) is 8.94. The van der Waals surface area contributed by atoms with Gasteiger partial charge in [-0.2, -0.15) is 0 Å². The molecule has 2 amide bonds. The summed E-state index contributed by atoms with van der Waals surface area (Å²) < 4.78 is 6.19. The lowest BCUT2D eigenvalue weighted by Gasteiger charge is -2.35. The van der Waals surface area contributed by atoms with E-state index in [1.807, 2.05) is 31.2 Å². The number of hydrogen-bond acceptors (Lipinski definition) is 9. The molecule has 1 saturated heterocycles. The number of carbonyl (C=O) groups excluding carboxylic acids is 2. The molecule has 2 unspecified atom stereocenters. The zero-order valence-corrected chi connectivity index (χ0v) is 30.2. The van der Waals surface area contributed by atoms with Crippen molar-refractivity contribution in [1.82, 2.24) is 20.5 Å². The first kappa shape index (κ1) is 39.3. The molecule has 10 N–H and O–H groups in total. The van der Waals surface area contributed by atoms with E-state index >= 15 is 0 Å². The van der Waals surface area contributed by atoms with Crippen molar-refractivity contribution < 1.29 is 29.3 Å². The predicted octanol–water partition coefficient (Wildman–Crippen LogP) is 3.09. The Morgan fingerprint density at radius 2 is 1.88 bits per heavy atom. The largest absolute Gasteiger partial charge is 0.493 e. The number of allylic oxidation sites excluding steroid dienone is 2. The maximum Gasteiger partial charge on any atom is 0.351 e. The van der Waals surface area contributed by atoms with Crippen LogP contribution < -0.4 is 32.6 Å². The van der Waals surface area contributed by atoms with E-state index in [9.17, 15) is 24.6 Å². The summed E-state index contributed by atoms with van der Waals surface area (Å²) in [6.07, 6.45) is 1.98. The number of nitrogens with zero attached hydrogens (tertiary/aromatic N) is 3. The number of nitrogens with one attached hydrogen (secondary N) is 2. The van der Waals surface area contributed by atoms with Crippen LogP contribution in [-0.2, 0) is 9.59 Å². The van der Waals surface area contributed by atoms with Crippen LogP contribution in [0.4, 0.5) is 0 Å². The molecule has 2 aromatic carbocycles. The van der Waals surface area contributed by atoms with Gasteiger partial charge in [-0.3, -0.25) is 19.6 Å². The zero-order valence-electron chi connectivity index (χ0n) is 30.2. The van der Waals surface area contributed by atoms with Crippen molar-refractivity contribution in [2.75, 3.05) is 26.2 Å². The van der Waals surface area contributed by atoms with Crippen molar-refractivity contribution >= 4 is 40.2 Å². The minimum absolute atomic E-state index is 0.103. The van der Waals surface area contributed by atoms with Gasteiger partial charge in [0.2, 0.25) is 5.91 Å². The Kier molecular flexibility index (Phi) is 13.0. The van der Waals surface area contributed by atoms with E-state index in [-0.39, 0.29) is 43.2 Å². The minimum Gasteiger partial charge on any atom is -0.493 e. The first-order valence-electron chi connectivity index (χ1n) is 17.2. The number of carboxylic acids is 1. The number of aliphatic imine (C=N–C) groups is 1. The highest BCUT2D eigenvalue weighted by Gasteiger charge is 2.47. The molecule has 52 heavy (non-hydrogen) atoms. The Morgan fingerprint density at radius 1 is 1.15 bits per heavy atom. The van der Waals surface area contributed by atoms with Crippen molar-refractivity contribution in [3.63, 3.8) is 0 Å². The number of pyridine rings is 1. The standard InChI is InChI=1S/C38H50N8O6/c1-22(2)27-21-43-28-11-7-6-10-25(28)31(27)26-20-24(13-14-30(26)52-19-9-16-39)33(47)44-29(12-8-17-42-37(40)41)34(48)46-18-15-38(5,51)36(46)45-32(23(3)4)35(49)50/h6-7,10-11,13-14,20-21,29,36,45,51H,1,8-9,12,15-19,39H2,2-5H3,(H,44,47)(H,49,50)(H4,40,41,42)/t29-,36?,38?/m0/s1. The number of benzene rings is 2. The van der Waals surface area contributed by atoms with E-state index in [4.69, 9.17) is 21.9 Å². The summed E-state index contributed by atoms with van der Waals surface area (Å²) in [6.45, 7) is 12.0. The molecule has 0 spiro atoms. The van der Waals surface area contributed by atoms with Crippen LogP contribution in [0.5, 0.6) is 5.75 Å². The summed E-state index contributed by atoms with van der Waals surface area (Å²) in [4.78, 5) is 50.4. The van der Waals surface area contributed by atoms with Crippen LogP contribution in [0.25, 0.3) is 27.6 Å². The SMILES string of the molecule is C=C(C)c1cnc2ccccc2c1-c1cc(C(=O)N[C@@H](CCCN=C(N)N)C(=O)N2CCC(C)(O)C2NC(C(=O)O)=C(C)C)ccc1OCCCN. The van der Waals surface area contributed by atoms with Gasteiger partial charge in [0, 0.05) is 46.9 Å². The fourth-order valence-corrected chi connectivity index (χ4v) is 6.19. The van der Waals surface area contributed by atoms with Crippen LogP contribution in [0.15, 0.2) is 71.5 Å². The van der Waals surface area contributed by atoms with Crippen molar-refractivity contribution in [2.24, 2.45) is 22.2 Å². The van der Waals surface area contributed by atoms with Crippen LogP contribution >= 0.6 is 0 Å². The molecule has 3 aromatic rings. The van der Waals surface area contributed by atoms with E-state index in [1.165, 1.54) is 11.8 Å². The maximum absolute atomic E-state index is 14.3. The lowest BCUT2D eigenvalue weighted by atomic mass is 9.91. The van der Waals surface area contributed by atoms with Gasteiger partial charge in [0.15, 0.2) is 5.96 Å². The molecule has 0 aliphatic carbocycles. The molecule has 3 atom stereocenters. The van der Waals surface area contributed by atoms with Crippen molar-refractivity contribution in [1.29, 1.82) is 0 Å². The molecule has 1 aliphatic rings. The van der Waals surface area contributed by atoms with Gasteiger partial charge in [-0.1, -0.05) is 24.8 Å². The molecule has 2 heterocycles. The summed E-state index contributed by atoms with van der Waals surface area (Å²) in [5.74, 6) is -1.82. The Hall–Kier alpha value is -5.47. The average Bonchev–Trinajstić information content (AvgIpc) is 3.40. The Balaban J connectivity index is 1.75. The number of ether oxygens (including phenoxy) is 1.